The highest BCUT2D eigenvalue weighted by atomic mass is 16.7. The van der Waals surface area contributed by atoms with Crippen LogP contribution in [0.25, 0.3) is 16.7 Å². The van der Waals surface area contributed by atoms with Crippen molar-refractivity contribution in [2.45, 2.75) is 42.9 Å². The molecule has 4 aromatic rings. The molecule has 1 aliphatic carbocycles. The Morgan fingerprint density at radius 3 is 1.77 bits per heavy atom. The third-order valence-electron chi connectivity index (χ3n) is 10.8. The lowest BCUT2D eigenvalue weighted by atomic mass is 9.91. The normalized spacial score (nSPS) is 23.1. The molecule has 6 atom stereocenters. The van der Waals surface area contributed by atoms with Crippen molar-refractivity contribution in [3.05, 3.63) is 63.7 Å². The second-order valence-electron chi connectivity index (χ2n) is 14.7. The number of benzene rings is 4. The minimum Gasteiger partial charge on any atom is -0.504 e. The number of aliphatic carboxylic acids is 1. The van der Waals surface area contributed by atoms with Crippen LogP contribution in [0.15, 0.2) is 35.9 Å². The summed E-state index contributed by atoms with van der Waals surface area (Å²) in [5, 5.41) is 148. The number of ether oxygens (including phenoxy) is 6. The molecular weight excluding hydrogens is 896 g/mol. The molecule has 0 unspecified atom stereocenters. The van der Waals surface area contributed by atoms with Gasteiger partial charge in [0.05, 0.1) is 33.4 Å². The van der Waals surface area contributed by atoms with Crippen molar-refractivity contribution in [2.75, 3.05) is 6.61 Å². The van der Waals surface area contributed by atoms with Crippen LogP contribution >= 0.6 is 0 Å². The summed E-state index contributed by atoms with van der Waals surface area (Å²) in [6.07, 6.45) is -13.1. The summed E-state index contributed by atoms with van der Waals surface area (Å²) >= 11 is 0. The first-order chi connectivity index (χ1) is 31.0. The molecule has 1 fully saturated rings. The molecule has 26 nitrogen and oxygen atoms in total. The van der Waals surface area contributed by atoms with Gasteiger partial charge in [0.2, 0.25) is 35.4 Å². The number of carboxylic acids is 1. The van der Waals surface area contributed by atoms with Gasteiger partial charge >= 0.3 is 29.8 Å². The summed E-state index contributed by atoms with van der Waals surface area (Å²) in [4.78, 5) is 81.1. The quantitative estimate of drug-likeness (QED) is 0.0704. The number of aromatic hydroxyl groups is 11. The Labute approximate surface area is 362 Å². The molecule has 4 aromatic carbocycles. The standard InChI is InChI=1S/C40H28O26/c41-13-1-8(2-14(42)24(13)47)35(56)65-39-33(64-38(59)11-5-17(45)27(50)31-22(11)23-12(34(54)55)6-19(46)40(23,60)66-31)32-28(51)18(62-39)7-61-36(57)9-3-15(43)25(48)29(52)20(9)21-10(37(58)63-32)4-16(44)26(49)30(21)53/h1-5,18,28,32-33,39,41-45,47-53,60H,6-7H2,(H,54,55)/t18-,28-,32+,33-,39+,40-/m1/s1. The van der Waals surface area contributed by atoms with Crippen LogP contribution in [-0.2, 0) is 33.3 Å². The van der Waals surface area contributed by atoms with Crippen LogP contribution in [0.2, 0.25) is 0 Å². The number of phenolic OH excluding ortho intramolecular Hbond substituents is 11. The van der Waals surface area contributed by atoms with Crippen molar-refractivity contribution >= 4 is 41.2 Å². The maximum atomic E-state index is 14.4. The van der Waals surface area contributed by atoms with Crippen LogP contribution in [0, 0.1) is 0 Å². The topological polar surface area (TPSA) is 441 Å². The number of rotatable bonds is 5. The molecule has 4 aliphatic rings. The number of aliphatic hydroxyl groups excluding tert-OH is 1. The smallest absolute Gasteiger partial charge is 0.340 e. The van der Waals surface area contributed by atoms with Crippen LogP contribution in [0.5, 0.6) is 69.0 Å². The third-order valence-corrected chi connectivity index (χ3v) is 10.8. The van der Waals surface area contributed by atoms with Gasteiger partial charge in [-0.25, -0.2) is 24.0 Å². The predicted molar refractivity (Wildman–Crippen MR) is 202 cm³/mol. The summed E-state index contributed by atoms with van der Waals surface area (Å²) in [5.41, 5.74) is -8.69. The van der Waals surface area contributed by atoms with E-state index in [-0.39, 0.29) is 0 Å². The average Bonchev–Trinajstić information content (AvgIpc) is 3.72. The fourth-order valence-corrected chi connectivity index (χ4v) is 7.62. The number of carbonyl (C=O) groups is 6. The second-order valence-corrected chi connectivity index (χ2v) is 14.7. The Bertz CT molecular complexity index is 2910. The number of esters is 4. The van der Waals surface area contributed by atoms with E-state index in [1.165, 1.54) is 0 Å². The molecule has 0 aromatic heterocycles. The molecule has 14 N–H and O–H groups in total. The van der Waals surface area contributed by atoms with Crippen LogP contribution in [-0.4, -0.2) is 150 Å². The van der Waals surface area contributed by atoms with E-state index in [0.29, 0.717) is 30.3 Å². The first-order valence-electron chi connectivity index (χ1n) is 18.4. The number of fused-ring (bicyclic) bond motifs is 8. The lowest BCUT2D eigenvalue weighted by Gasteiger charge is -2.42. The van der Waals surface area contributed by atoms with E-state index in [1.54, 1.807) is 0 Å². The average molecular weight is 925 g/mol. The summed E-state index contributed by atoms with van der Waals surface area (Å²) in [5.74, 6) is -28.0. The molecule has 2 bridgehead atoms. The Hall–Kier alpha value is -8.88. The van der Waals surface area contributed by atoms with E-state index in [9.17, 15) is 100 Å². The van der Waals surface area contributed by atoms with E-state index in [4.69, 9.17) is 28.4 Å². The van der Waals surface area contributed by atoms with Crippen LogP contribution in [0.1, 0.15) is 53.4 Å². The van der Waals surface area contributed by atoms with Gasteiger partial charge in [-0.1, -0.05) is 0 Å². The molecule has 0 amide bonds. The van der Waals surface area contributed by atoms with Crippen molar-refractivity contribution < 1.29 is 129 Å². The number of cyclic esters (lactones) is 1. The van der Waals surface area contributed by atoms with E-state index in [1.807, 2.05) is 0 Å². The highest BCUT2D eigenvalue weighted by Crippen LogP contribution is 2.57. The molecule has 0 radical (unpaired) electrons. The monoisotopic (exact) mass is 924 g/mol. The predicted octanol–water partition coefficient (Wildman–Crippen LogP) is -0.129. The zero-order valence-electron chi connectivity index (χ0n) is 32.3. The number of aliphatic hydroxyl groups is 2. The first-order valence-corrected chi connectivity index (χ1v) is 18.4. The fourth-order valence-electron chi connectivity index (χ4n) is 7.62. The zero-order valence-corrected chi connectivity index (χ0v) is 32.3. The minimum atomic E-state index is -3.16. The summed E-state index contributed by atoms with van der Waals surface area (Å²) in [6.45, 7) is -1.19. The molecule has 8 rings (SSSR count). The van der Waals surface area contributed by atoms with Gasteiger partial charge in [-0.2, -0.15) is 0 Å². The van der Waals surface area contributed by atoms with Gasteiger partial charge in [0, 0.05) is 23.1 Å². The second kappa shape index (κ2) is 15.1. The van der Waals surface area contributed by atoms with Gasteiger partial charge < -0.3 is 99.9 Å². The van der Waals surface area contributed by atoms with Gasteiger partial charge in [0.25, 0.3) is 5.79 Å². The van der Waals surface area contributed by atoms with Crippen molar-refractivity contribution in [3.8, 4) is 80.1 Å². The third kappa shape index (κ3) is 6.54. The van der Waals surface area contributed by atoms with Crippen LogP contribution in [0.4, 0.5) is 0 Å². The summed E-state index contributed by atoms with van der Waals surface area (Å²) < 4.78 is 32.6. The maximum absolute atomic E-state index is 14.4. The summed E-state index contributed by atoms with van der Waals surface area (Å²) in [7, 11) is 0. The number of ketones is 1. The fraction of sp³-hybridized carbons (Fsp3) is 0.200. The lowest BCUT2D eigenvalue weighted by Crippen LogP contribution is -2.62. The van der Waals surface area contributed by atoms with Gasteiger partial charge in [-0.15, -0.1) is 0 Å². The minimum absolute atomic E-state index is 0.378. The molecule has 26 heteroatoms. The molecule has 66 heavy (non-hydrogen) atoms. The van der Waals surface area contributed by atoms with Crippen molar-refractivity contribution in [1.29, 1.82) is 0 Å². The largest absolute Gasteiger partial charge is 0.504 e. The number of carboxylic acid groups (broad SMARTS) is 1. The zero-order chi connectivity index (χ0) is 48.2. The molecule has 1 saturated heterocycles. The van der Waals surface area contributed by atoms with E-state index in [0.717, 1.165) is 0 Å². The molecule has 0 saturated carbocycles. The molecule has 3 heterocycles. The lowest BCUT2D eigenvalue weighted by molar-refractivity contribution is -0.283. The van der Waals surface area contributed by atoms with Crippen LogP contribution < -0.4 is 4.74 Å². The Morgan fingerprint density at radius 2 is 1.20 bits per heavy atom. The van der Waals surface area contributed by atoms with E-state index in [2.05, 4.69) is 0 Å². The van der Waals surface area contributed by atoms with Crippen molar-refractivity contribution in [3.63, 3.8) is 0 Å². The van der Waals surface area contributed by atoms with Crippen molar-refractivity contribution in [1.82, 2.24) is 0 Å². The Balaban J connectivity index is 1.30. The maximum Gasteiger partial charge on any atom is 0.340 e. The number of Topliss-reactive ketones (excluding diaryl/α,β-unsaturated/α-hetero) is 1. The van der Waals surface area contributed by atoms with Crippen LogP contribution in [0.3, 0.4) is 0 Å². The number of carbonyl (C=O) groups excluding carboxylic acids is 5. The molecule has 3 aliphatic heterocycles. The van der Waals surface area contributed by atoms with E-state index >= 15 is 0 Å². The molecule has 344 valence electrons. The number of hydrogen-bond donors (Lipinski definition) is 14. The SMILES string of the molecule is O=C(O)C1=C2c3c(C(=O)O[C@H]4[C@H](OC(=O)c5cc(O)c(O)c(O)c5)O[C@@H]5COC(=O)c6cc(O)c(O)c(O)c6-c6c(cc(O)c(O)c6O)C(=O)O[C@H]4[C@@H]5O)cc(O)c(O)c3O[C@]2(O)C(=O)C1. The van der Waals surface area contributed by atoms with E-state index < -0.39 is 204 Å². The Morgan fingerprint density at radius 1 is 0.652 bits per heavy atom. The van der Waals surface area contributed by atoms with Gasteiger partial charge in [0.15, 0.2) is 57.8 Å². The van der Waals surface area contributed by atoms with Gasteiger partial charge in [0.1, 0.15) is 18.8 Å². The van der Waals surface area contributed by atoms with Gasteiger partial charge in [-0.3, -0.25) is 4.79 Å². The summed E-state index contributed by atoms with van der Waals surface area (Å²) in [6, 6.07) is 2.41. The molecule has 0 spiro atoms. The Kier molecular flexibility index (Phi) is 10.0. The first kappa shape index (κ1) is 43.8. The molecular formula is C40H28O26. The highest BCUT2D eigenvalue weighted by Gasteiger charge is 2.59. The number of phenols is 11. The van der Waals surface area contributed by atoms with Gasteiger partial charge in [-0.05, 0) is 30.3 Å². The highest BCUT2D eigenvalue weighted by molar-refractivity contribution is 6.20. The number of hydrogen-bond acceptors (Lipinski definition) is 25. The van der Waals surface area contributed by atoms with Crippen molar-refractivity contribution in [2.24, 2.45) is 0 Å².